The first-order chi connectivity index (χ1) is 8.95. The lowest BCUT2D eigenvalue weighted by Gasteiger charge is -2.43. The van der Waals surface area contributed by atoms with Gasteiger partial charge in [0.15, 0.2) is 0 Å². The zero-order valence-corrected chi connectivity index (χ0v) is 13.5. The fraction of sp³-hybridized carbons (Fsp3) is 0.600. The maximum absolute atomic E-state index is 9.71. The van der Waals surface area contributed by atoms with Crippen LogP contribution in [0.4, 0.5) is 5.69 Å². The van der Waals surface area contributed by atoms with E-state index in [4.69, 9.17) is 0 Å². The number of aryl methyl sites for hydroxylation is 1. The molecule has 0 amide bonds. The Morgan fingerprint density at radius 1 is 1.47 bits per heavy atom. The lowest BCUT2D eigenvalue weighted by atomic mass is 9.95. The molecule has 1 aliphatic heterocycles. The molecule has 0 spiro atoms. The molecule has 2 N–H and O–H groups in total. The molecule has 1 aliphatic rings. The van der Waals surface area contributed by atoms with Crippen LogP contribution < -0.4 is 10.2 Å². The number of anilines is 1. The molecule has 0 bridgehead atoms. The summed E-state index contributed by atoms with van der Waals surface area (Å²) in [5, 5.41) is 13.1. The number of aliphatic hydroxyl groups is 1. The monoisotopic (exact) mass is 326 g/mol. The number of halogens is 1. The van der Waals surface area contributed by atoms with Gasteiger partial charge in [-0.3, -0.25) is 0 Å². The second kappa shape index (κ2) is 5.81. The molecule has 3 nitrogen and oxygen atoms in total. The molecule has 1 aromatic rings. The lowest BCUT2D eigenvalue weighted by molar-refractivity contribution is 0.245. The van der Waals surface area contributed by atoms with Crippen LogP contribution in [-0.2, 0) is 0 Å². The van der Waals surface area contributed by atoms with Crippen molar-refractivity contribution in [3.05, 3.63) is 28.2 Å². The predicted molar refractivity (Wildman–Crippen MR) is 83.8 cm³/mol. The van der Waals surface area contributed by atoms with Crippen LogP contribution in [0, 0.1) is 6.92 Å². The minimum absolute atomic E-state index is 0.0389. The standard InChI is InChI=1S/C15H23BrN2O/c1-11-8-12(4-5-14(11)16)18-13(10-19)9-17-7-6-15(18,2)3/h4-5,8,13,17,19H,6-7,9-10H2,1-3H3. The SMILES string of the molecule is Cc1cc(N2C(CO)CNCCC2(C)C)ccc1Br. The zero-order chi connectivity index (χ0) is 14.0. The van der Waals surface area contributed by atoms with Crippen LogP contribution in [0.5, 0.6) is 0 Å². The highest BCUT2D eigenvalue weighted by Gasteiger charge is 2.34. The van der Waals surface area contributed by atoms with E-state index in [1.807, 2.05) is 0 Å². The van der Waals surface area contributed by atoms with Gasteiger partial charge in [0.2, 0.25) is 0 Å². The first kappa shape index (κ1) is 14.8. The van der Waals surface area contributed by atoms with Gasteiger partial charge < -0.3 is 15.3 Å². The molecule has 4 heteroatoms. The van der Waals surface area contributed by atoms with Gasteiger partial charge in [-0.05, 0) is 57.5 Å². The Labute approximate surface area is 124 Å². The molecule has 1 atom stereocenters. The molecule has 106 valence electrons. The fourth-order valence-corrected chi connectivity index (χ4v) is 3.10. The van der Waals surface area contributed by atoms with Crippen LogP contribution in [0.3, 0.4) is 0 Å². The summed E-state index contributed by atoms with van der Waals surface area (Å²) in [5.41, 5.74) is 2.45. The van der Waals surface area contributed by atoms with E-state index in [2.05, 4.69) is 65.1 Å². The van der Waals surface area contributed by atoms with Crippen molar-refractivity contribution in [1.82, 2.24) is 5.32 Å². The highest BCUT2D eigenvalue weighted by atomic mass is 79.9. The normalized spacial score (nSPS) is 23.2. The second-order valence-corrected chi connectivity index (χ2v) is 6.76. The summed E-state index contributed by atoms with van der Waals surface area (Å²) in [4.78, 5) is 2.37. The Kier molecular flexibility index (Phi) is 4.54. The smallest absolute Gasteiger partial charge is 0.0650 e. The lowest BCUT2D eigenvalue weighted by Crippen LogP contribution is -2.52. The molecule has 0 radical (unpaired) electrons. The Bertz CT molecular complexity index is 448. The fourth-order valence-electron chi connectivity index (χ4n) is 2.85. The van der Waals surface area contributed by atoms with Crippen molar-refractivity contribution in [3.8, 4) is 0 Å². The Balaban J connectivity index is 2.42. The summed E-state index contributed by atoms with van der Waals surface area (Å²) in [6.45, 7) is 8.60. The highest BCUT2D eigenvalue weighted by Crippen LogP contribution is 2.32. The Morgan fingerprint density at radius 2 is 2.21 bits per heavy atom. The molecule has 0 aliphatic carbocycles. The molecule has 1 fully saturated rings. The van der Waals surface area contributed by atoms with Gasteiger partial charge in [-0.15, -0.1) is 0 Å². The van der Waals surface area contributed by atoms with Gasteiger partial charge in [0.25, 0.3) is 0 Å². The average Bonchev–Trinajstić information content (AvgIpc) is 2.51. The third-order valence-corrected chi connectivity index (χ3v) is 4.83. The van der Waals surface area contributed by atoms with Crippen LogP contribution in [0.15, 0.2) is 22.7 Å². The average molecular weight is 327 g/mol. The van der Waals surface area contributed by atoms with E-state index in [0.29, 0.717) is 0 Å². The minimum atomic E-state index is 0.0389. The van der Waals surface area contributed by atoms with Gasteiger partial charge in [-0.1, -0.05) is 15.9 Å². The van der Waals surface area contributed by atoms with E-state index in [9.17, 15) is 5.11 Å². The quantitative estimate of drug-likeness (QED) is 0.877. The van der Waals surface area contributed by atoms with Crippen molar-refractivity contribution in [1.29, 1.82) is 0 Å². The topological polar surface area (TPSA) is 35.5 Å². The summed E-state index contributed by atoms with van der Waals surface area (Å²) in [6.07, 6.45) is 1.07. The molecule has 0 saturated carbocycles. The number of aliphatic hydroxyl groups excluding tert-OH is 1. The molecule has 1 aromatic carbocycles. The van der Waals surface area contributed by atoms with Crippen molar-refractivity contribution in [2.45, 2.75) is 38.8 Å². The van der Waals surface area contributed by atoms with Crippen LogP contribution in [0.25, 0.3) is 0 Å². The molecular weight excluding hydrogens is 304 g/mol. The number of nitrogens with zero attached hydrogens (tertiary/aromatic N) is 1. The molecule has 1 unspecified atom stereocenters. The molecule has 2 rings (SSSR count). The van der Waals surface area contributed by atoms with E-state index in [0.717, 1.165) is 24.0 Å². The summed E-state index contributed by atoms with van der Waals surface area (Å²) in [5.74, 6) is 0. The van der Waals surface area contributed by atoms with Gasteiger partial charge in [-0.2, -0.15) is 0 Å². The summed E-state index contributed by atoms with van der Waals surface area (Å²) < 4.78 is 1.13. The number of rotatable bonds is 2. The van der Waals surface area contributed by atoms with Crippen LogP contribution in [0.1, 0.15) is 25.8 Å². The van der Waals surface area contributed by atoms with Crippen molar-refractivity contribution in [3.63, 3.8) is 0 Å². The van der Waals surface area contributed by atoms with Crippen molar-refractivity contribution in [2.24, 2.45) is 0 Å². The number of hydrogen-bond donors (Lipinski definition) is 2. The first-order valence-electron chi connectivity index (χ1n) is 6.83. The van der Waals surface area contributed by atoms with E-state index in [1.165, 1.54) is 11.3 Å². The van der Waals surface area contributed by atoms with Gasteiger partial charge in [0, 0.05) is 22.2 Å². The number of benzene rings is 1. The van der Waals surface area contributed by atoms with Gasteiger partial charge in [0.1, 0.15) is 0 Å². The molecular formula is C15H23BrN2O. The highest BCUT2D eigenvalue weighted by molar-refractivity contribution is 9.10. The van der Waals surface area contributed by atoms with Crippen LogP contribution in [-0.4, -0.2) is 36.4 Å². The summed E-state index contributed by atoms with van der Waals surface area (Å²) in [7, 11) is 0. The third kappa shape index (κ3) is 3.12. The third-order valence-electron chi connectivity index (χ3n) is 3.94. The van der Waals surface area contributed by atoms with Gasteiger partial charge in [0.05, 0.1) is 12.6 Å². The molecule has 19 heavy (non-hydrogen) atoms. The van der Waals surface area contributed by atoms with Crippen molar-refractivity contribution in [2.75, 3.05) is 24.6 Å². The van der Waals surface area contributed by atoms with Crippen LogP contribution in [0.2, 0.25) is 0 Å². The Hall–Kier alpha value is -0.580. The van der Waals surface area contributed by atoms with E-state index >= 15 is 0 Å². The zero-order valence-electron chi connectivity index (χ0n) is 11.9. The number of hydrogen-bond acceptors (Lipinski definition) is 3. The summed E-state index contributed by atoms with van der Waals surface area (Å²) in [6, 6.07) is 6.54. The van der Waals surface area contributed by atoms with Crippen LogP contribution >= 0.6 is 15.9 Å². The van der Waals surface area contributed by atoms with E-state index < -0.39 is 0 Å². The maximum atomic E-state index is 9.71. The molecule has 0 aromatic heterocycles. The largest absolute Gasteiger partial charge is 0.394 e. The first-order valence-corrected chi connectivity index (χ1v) is 7.62. The minimum Gasteiger partial charge on any atom is -0.394 e. The van der Waals surface area contributed by atoms with E-state index in [-0.39, 0.29) is 18.2 Å². The maximum Gasteiger partial charge on any atom is 0.0650 e. The van der Waals surface area contributed by atoms with Gasteiger partial charge >= 0.3 is 0 Å². The predicted octanol–water partition coefficient (Wildman–Crippen LogP) is 2.70. The number of nitrogens with one attached hydrogen (secondary N) is 1. The molecule has 1 heterocycles. The molecule has 1 saturated heterocycles. The van der Waals surface area contributed by atoms with Crippen molar-refractivity contribution < 1.29 is 5.11 Å². The second-order valence-electron chi connectivity index (χ2n) is 5.91. The van der Waals surface area contributed by atoms with E-state index in [1.54, 1.807) is 0 Å². The van der Waals surface area contributed by atoms with Crippen molar-refractivity contribution >= 4 is 21.6 Å². The van der Waals surface area contributed by atoms with Gasteiger partial charge in [-0.25, -0.2) is 0 Å². The summed E-state index contributed by atoms with van der Waals surface area (Å²) >= 11 is 3.55. The Morgan fingerprint density at radius 3 is 2.84 bits per heavy atom.